The van der Waals surface area contributed by atoms with Gasteiger partial charge in [-0.15, -0.1) is 0 Å². The molecule has 0 aromatic carbocycles. The van der Waals surface area contributed by atoms with Crippen LogP contribution in [0.3, 0.4) is 0 Å². The first-order valence-corrected chi connectivity index (χ1v) is 9.87. The van der Waals surface area contributed by atoms with Gasteiger partial charge in [0.05, 0.1) is 19.1 Å². The number of carbonyl (C=O) groups excluding carboxylic acids is 3. The third-order valence-electron chi connectivity index (χ3n) is 6.33. The third kappa shape index (κ3) is 3.25. The van der Waals surface area contributed by atoms with Crippen molar-refractivity contribution in [2.24, 2.45) is 11.3 Å². The van der Waals surface area contributed by atoms with Crippen LogP contribution < -0.4 is 5.32 Å². The van der Waals surface area contributed by atoms with E-state index < -0.39 is 0 Å². The number of piperidine rings is 1. The first-order valence-electron chi connectivity index (χ1n) is 9.87. The van der Waals surface area contributed by atoms with Gasteiger partial charge < -0.3 is 19.9 Å². The molecule has 0 aromatic heterocycles. The van der Waals surface area contributed by atoms with Crippen molar-refractivity contribution in [2.75, 3.05) is 40.3 Å². The first-order chi connectivity index (χ1) is 13.3. The summed E-state index contributed by atoms with van der Waals surface area (Å²) in [5.74, 6) is 0.416. The zero-order valence-electron chi connectivity index (χ0n) is 16.7. The van der Waals surface area contributed by atoms with Gasteiger partial charge in [0.2, 0.25) is 5.91 Å². The highest BCUT2D eigenvalue weighted by molar-refractivity contribution is 5.75. The maximum atomic E-state index is 12.3. The fraction of sp³-hybridized carbons (Fsp3) is 0.650. The van der Waals surface area contributed by atoms with Crippen molar-refractivity contribution >= 4 is 18.0 Å². The molecule has 0 bridgehead atoms. The van der Waals surface area contributed by atoms with Gasteiger partial charge in [-0.1, -0.05) is 18.2 Å². The summed E-state index contributed by atoms with van der Waals surface area (Å²) in [4.78, 5) is 40.8. The Morgan fingerprint density at radius 2 is 2.14 bits per heavy atom. The highest BCUT2D eigenvalue weighted by atomic mass is 16.6. The molecule has 0 spiro atoms. The van der Waals surface area contributed by atoms with Crippen LogP contribution in [0.4, 0.5) is 9.59 Å². The number of ether oxygens (including phenoxy) is 1. The standard InChI is InChI=1S/C20H28N4O4/c1-13(25)21-9-17-11-24(19(27)28-17)16-6-4-14(5-7-16)20-8-15(20)10-23(12-20)18(26)22(2)3/h4-6,15-17H,7-12H2,1-3H3,(H,21,25)/t15?,16?,17-,20?/m0/s1. The van der Waals surface area contributed by atoms with Gasteiger partial charge >= 0.3 is 12.1 Å². The molecule has 4 atom stereocenters. The molecule has 3 unspecified atom stereocenters. The van der Waals surface area contributed by atoms with Crippen molar-refractivity contribution in [1.29, 1.82) is 0 Å². The normalized spacial score (nSPS) is 33.3. The lowest BCUT2D eigenvalue weighted by Crippen LogP contribution is -2.40. The molecule has 28 heavy (non-hydrogen) atoms. The van der Waals surface area contributed by atoms with Crippen LogP contribution >= 0.6 is 0 Å². The second-order valence-corrected chi connectivity index (χ2v) is 8.53. The molecule has 2 aliphatic heterocycles. The predicted molar refractivity (Wildman–Crippen MR) is 102 cm³/mol. The molecule has 152 valence electrons. The predicted octanol–water partition coefficient (Wildman–Crippen LogP) is 1.20. The van der Waals surface area contributed by atoms with Crippen LogP contribution in [-0.2, 0) is 9.53 Å². The molecule has 2 saturated heterocycles. The van der Waals surface area contributed by atoms with E-state index in [0.29, 0.717) is 19.0 Å². The van der Waals surface area contributed by atoms with Crippen LogP contribution in [-0.4, -0.2) is 85.2 Å². The number of allylic oxidation sites excluding steroid dienone is 1. The van der Waals surface area contributed by atoms with E-state index in [1.54, 1.807) is 23.9 Å². The van der Waals surface area contributed by atoms with Gasteiger partial charge in [0.1, 0.15) is 6.10 Å². The number of likely N-dealkylation sites (tertiary alicyclic amines) is 1. The smallest absolute Gasteiger partial charge is 0.410 e. The number of nitrogens with zero attached hydrogens (tertiary/aromatic N) is 3. The molecule has 1 saturated carbocycles. The van der Waals surface area contributed by atoms with Crippen molar-refractivity contribution in [3.63, 3.8) is 0 Å². The Hall–Kier alpha value is -2.51. The molecule has 4 aliphatic rings. The molecular formula is C20H28N4O4. The quantitative estimate of drug-likeness (QED) is 0.785. The van der Waals surface area contributed by atoms with Crippen molar-refractivity contribution in [2.45, 2.75) is 31.9 Å². The maximum Gasteiger partial charge on any atom is 0.410 e. The van der Waals surface area contributed by atoms with Gasteiger partial charge in [-0.3, -0.25) is 9.69 Å². The third-order valence-corrected chi connectivity index (χ3v) is 6.33. The SMILES string of the molecule is CC(=O)NC[C@H]1CN(C2C=CC(C34CC3CN(C(=O)N(C)C)C4)=CC2)C(=O)O1. The Morgan fingerprint density at radius 1 is 1.36 bits per heavy atom. The van der Waals surface area contributed by atoms with Crippen LogP contribution in [0.15, 0.2) is 23.8 Å². The van der Waals surface area contributed by atoms with Gasteiger partial charge in [-0.25, -0.2) is 9.59 Å². The molecule has 8 heteroatoms. The van der Waals surface area contributed by atoms with Gasteiger partial charge in [0.15, 0.2) is 0 Å². The summed E-state index contributed by atoms with van der Waals surface area (Å²) in [5, 5.41) is 2.70. The van der Waals surface area contributed by atoms with E-state index in [2.05, 4.69) is 23.5 Å². The summed E-state index contributed by atoms with van der Waals surface area (Å²) in [6, 6.07) is 0.0583. The average molecular weight is 388 g/mol. The minimum atomic E-state index is -0.326. The number of nitrogens with one attached hydrogen (secondary N) is 1. The molecule has 2 heterocycles. The summed E-state index contributed by atoms with van der Waals surface area (Å²) >= 11 is 0. The van der Waals surface area contributed by atoms with E-state index in [9.17, 15) is 14.4 Å². The second-order valence-electron chi connectivity index (χ2n) is 8.53. The lowest BCUT2D eigenvalue weighted by Gasteiger charge is -2.28. The van der Waals surface area contributed by atoms with Crippen LogP contribution in [0.5, 0.6) is 0 Å². The lowest BCUT2D eigenvalue weighted by atomic mass is 9.88. The van der Waals surface area contributed by atoms with Crippen molar-refractivity contribution in [1.82, 2.24) is 20.0 Å². The van der Waals surface area contributed by atoms with E-state index in [-0.39, 0.29) is 35.6 Å². The van der Waals surface area contributed by atoms with E-state index in [1.807, 2.05) is 4.90 Å². The van der Waals surface area contributed by atoms with Gasteiger partial charge in [0, 0.05) is 39.5 Å². The van der Waals surface area contributed by atoms with Crippen LogP contribution in [0, 0.1) is 11.3 Å². The van der Waals surface area contributed by atoms with Crippen molar-refractivity contribution < 1.29 is 19.1 Å². The number of hydrogen-bond donors (Lipinski definition) is 1. The Kier molecular flexibility index (Phi) is 4.59. The molecule has 0 radical (unpaired) electrons. The molecule has 8 nitrogen and oxygen atoms in total. The average Bonchev–Trinajstić information content (AvgIpc) is 3.04. The minimum Gasteiger partial charge on any atom is -0.442 e. The van der Waals surface area contributed by atoms with Gasteiger partial charge in [-0.2, -0.15) is 0 Å². The van der Waals surface area contributed by atoms with E-state index in [0.717, 1.165) is 25.9 Å². The molecule has 4 amide bonds. The summed E-state index contributed by atoms with van der Waals surface area (Å²) in [7, 11) is 3.58. The Balaban J connectivity index is 1.35. The van der Waals surface area contributed by atoms with E-state index in [1.165, 1.54) is 12.5 Å². The second kappa shape index (κ2) is 6.83. The number of rotatable bonds is 4. The Labute approximate surface area is 165 Å². The van der Waals surface area contributed by atoms with Gasteiger partial charge in [-0.05, 0) is 24.3 Å². The summed E-state index contributed by atoms with van der Waals surface area (Å²) in [5.41, 5.74) is 1.40. The van der Waals surface area contributed by atoms with Crippen LogP contribution in [0.1, 0.15) is 19.8 Å². The zero-order chi connectivity index (χ0) is 20.1. The molecule has 4 rings (SSSR count). The molecule has 0 aromatic rings. The number of amides is 4. The highest BCUT2D eigenvalue weighted by Gasteiger charge is 2.62. The number of hydrogen-bond acceptors (Lipinski definition) is 4. The maximum absolute atomic E-state index is 12.3. The molecular weight excluding hydrogens is 360 g/mol. The molecule has 1 N–H and O–H groups in total. The monoisotopic (exact) mass is 388 g/mol. The Bertz CT molecular complexity index is 761. The summed E-state index contributed by atoms with van der Waals surface area (Å²) in [6.45, 7) is 3.88. The summed E-state index contributed by atoms with van der Waals surface area (Å²) < 4.78 is 5.36. The van der Waals surface area contributed by atoms with Gasteiger partial charge in [0.25, 0.3) is 0 Å². The van der Waals surface area contributed by atoms with Crippen molar-refractivity contribution in [3.8, 4) is 0 Å². The largest absolute Gasteiger partial charge is 0.442 e. The summed E-state index contributed by atoms with van der Waals surface area (Å²) in [6.07, 6.45) is 7.70. The fourth-order valence-corrected chi connectivity index (χ4v) is 4.74. The van der Waals surface area contributed by atoms with E-state index in [4.69, 9.17) is 4.74 Å². The van der Waals surface area contributed by atoms with E-state index >= 15 is 0 Å². The number of carbonyl (C=O) groups is 3. The van der Waals surface area contributed by atoms with Crippen LogP contribution in [0.2, 0.25) is 0 Å². The fourth-order valence-electron chi connectivity index (χ4n) is 4.74. The number of cyclic esters (lactones) is 1. The Morgan fingerprint density at radius 3 is 2.79 bits per heavy atom. The topological polar surface area (TPSA) is 82.2 Å². The number of urea groups is 1. The molecule has 2 aliphatic carbocycles. The first kappa shape index (κ1) is 18.8. The number of fused-ring (bicyclic) bond motifs is 1. The molecule has 3 fully saturated rings. The minimum absolute atomic E-state index is 0.0203. The lowest BCUT2D eigenvalue weighted by molar-refractivity contribution is -0.119. The van der Waals surface area contributed by atoms with Crippen LogP contribution in [0.25, 0.3) is 0 Å². The zero-order valence-corrected chi connectivity index (χ0v) is 16.7. The van der Waals surface area contributed by atoms with Crippen molar-refractivity contribution in [3.05, 3.63) is 23.8 Å². The highest BCUT2D eigenvalue weighted by Crippen LogP contribution is 2.63.